The van der Waals surface area contributed by atoms with Gasteiger partial charge in [-0.1, -0.05) is 63.3 Å². The number of carbonyl (C=O) groups is 3. The fourth-order valence-electron chi connectivity index (χ4n) is 7.10. The predicted octanol–water partition coefficient (Wildman–Crippen LogP) is 5.90. The third-order valence-electron chi connectivity index (χ3n) is 8.84. The first-order chi connectivity index (χ1) is 20.0. The first-order valence-electron chi connectivity index (χ1n) is 13.8. The van der Waals surface area contributed by atoms with Gasteiger partial charge in [0.05, 0.1) is 33.4 Å². The highest BCUT2D eigenvalue weighted by molar-refractivity contribution is 6.32. The third kappa shape index (κ3) is 3.53. The highest BCUT2D eigenvalue weighted by Crippen LogP contribution is 2.63. The molecule has 3 aromatic carbocycles. The lowest BCUT2D eigenvalue weighted by atomic mass is 9.63. The number of hydrogen-bond donors (Lipinski definition) is 0. The summed E-state index contributed by atoms with van der Waals surface area (Å²) in [7, 11) is 4.45. The van der Waals surface area contributed by atoms with Crippen molar-refractivity contribution in [1.82, 2.24) is 0 Å². The minimum Gasteiger partial charge on any atom is -0.493 e. The van der Waals surface area contributed by atoms with Crippen molar-refractivity contribution in [2.45, 2.75) is 38.8 Å². The van der Waals surface area contributed by atoms with Gasteiger partial charge < -0.3 is 19.1 Å². The molecule has 3 atom stereocenters. The number of ketones is 3. The summed E-state index contributed by atoms with van der Waals surface area (Å²) in [6, 6.07) is 12.7. The average Bonchev–Trinajstić information content (AvgIpc) is 3.40. The van der Waals surface area contributed by atoms with Crippen LogP contribution in [0.3, 0.4) is 0 Å². The number of halogens is 1. The molecule has 0 unspecified atom stereocenters. The van der Waals surface area contributed by atoms with Crippen LogP contribution < -0.4 is 19.1 Å². The Kier molecular flexibility index (Phi) is 6.29. The van der Waals surface area contributed by atoms with E-state index in [0.29, 0.717) is 33.7 Å². The zero-order valence-corrected chi connectivity index (χ0v) is 24.4. The molecule has 1 saturated heterocycles. The van der Waals surface area contributed by atoms with Crippen LogP contribution in [0.5, 0.6) is 17.2 Å². The van der Waals surface area contributed by atoms with Crippen molar-refractivity contribution >= 4 is 29.1 Å². The number of hydrogen-bond acceptors (Lipinski definition) is 7. The van der Waals surface area contributed by atoms with Crippen molar-refractivity contribution in [3.8, 4) is 17.2 Å². The molecule has 1 aliphatic carbocycles. The van der Waals surface area contributed by atoms with Gasteiger partial charge in [0.2, 0.25) is 5.75 Å². The van der Waals surface area contributed by atoms with Crippen molar-refractivity contribution in [2.75, 3.05) is 26.2 Å². The smallest absolute Gasteiger partial charge is 0.203 e. The zero-order valence-electron chi connectivity index (χ0n) is 24.4. The second-order valence-electron chi connectivity index (χ2n) is 11.9. The summed E-state index contributed by atoms with van der Waals surface area (Å²) in [5, 5.41) is 0. The van der Waals surface area contributed by atoms with E-state index in [1.165, 1.54) is 33.5 Å². The van der Waals surface area contributed by atoms with Gasteiger partial charge in [-0.2, -0.15) is 0 Å². The Morgan fingerprint density at radius 3 is 2.10 bits per heavy atom. The number of rotatable bonds is 5. The van der Waals surface area contributed by atoms with Crippen LogP contribution in [-0.2, 0) is 4.79 Å². The molecule has 3 aromatic rings. The molecule has 2 heterocycles. The molecule has 0 amide bonds. The Morgan fingerprint density at radius 2 is 1.52 bits per heavy atom. The maximum Gasteiger partial charge on any atom is 0.203 e. The quantitative estimate of drug-likeness (QED) is 0.354. The first-order valence-corrected chi connectivity index (χ1v) is 13.8. The predicted molar refractivity (Wildman–Crippen MR) is 156 cm³/mol. The van der Waals surface area contributed by atoms with Crippen LogP contribution in [0.15, 0.2) is 60.7 Å². The van der Waals surface area contributed by atoms with Gasteiger partial charge in [-0.3, -0.25) is 14.4 Å². The highest BCUT2D eigenvalue weighted by Gasteiger charge is 2.72. The van der Waals surface area contributed by atoms with Gasteiger partial charge in [-0.15, -0.1) is 0 Å². The van der Waals surface area contributed by atoms with Gasteiger partial charge in [0.25, 0.3) is 0 Å². The van der Waals surface area contributed by atoms with Crippen molar-refractivity contribution in [3.05, 3.63) is 88.7 Å². The lowest BCUT2D eigenvalue weighted by molar-refractivity contribution is -0.127. The Morgan fingerprint density at radius 1 is 0.881 bits per heavy atom. The largest absolute Gasteiger partial charge is 0.493 e. The Labute approximate surface area is 243 Å². The summed E-state index contributed by atoms with van der Waals surface area (Å²) in [4.78, 5) is 46.0. The van der Waals surface area contributed by atoms with Gasteiger partial charge >= 0.3 is 0 Å². The molecule has 42 heavy (non-hydrogen) atoms. The minimum absolute atomic E-state index is 0.173. The molecule has 216 valence electrons. The molecular weight excluding hydrogens is 537 g/mol. The second kappa shape index (κ2) is 9.54. The Balaban J connectivity index is 1.75. The van der Waals surface area contributed by atoms with Crippen LogP contribution in [-0.4, -0.2) is 50.8 Å². The maximum absolute atomic E-state index is 14.8. The van der Waals surface area contributed by atoms with Crippen LogP contribution in [0.25, 0.3) is 6.08 Å². The summed E-state index contributed by atoms with van der Waals surface area (Å²) in [6.07, 6.45) is 3.50. The van der Waals surface area contributed by atoms with Crippen LogP contribution in [0.2, 0.25) is 0 Å². The summed E-state index contributed by atoms with van der Waals surface area (Å²) >= 11 is 0. The summed E-state index contributed by atoms with van der Waals surface area (Å²) in [5.41, 5.74) is -0.346. The van der Waals surface area contributed by atoms with Crippen molar-refractivity contribution in [2.24, 2.45) is 10.8 Å². The lowest BCUT2D eigenvalue weighted by Crippen LogP contribution is -2.49. The van der Waals surface area contributed by atoms with Crippen LogP contribution in [0, 0.1) is 16.6 Å². The Hall–Kier alpha value is -4.46. The molecule has 2 aliphatic heterocycles. The summed E-state index contributed by atoms with van der Waals surface area (Å²) in [5.74, 6) is -1.36. The SMILES string of the molecule is COc1ccc([C@H]2[C@H](C(=O)C(C)(C)C)N3c4ccc(F)cc4C=C[C@@H]3C23C(=O)c2ccccc2C3=O)c(OC)c1OC. The number of benzene rings is 3. The van der Waals surface area contributed by atoms with E-state index in [4.69, 9.17) is 14.2 Å². The van der Waals surface area contributed by atoms with Gasteiger partial charge in [-0.05, 0) is 24.3 Å². The van der Waals surface area contributed by atoms with Crippen LogP contribution >= 0.6 is 0 Å². The fraction of sp³-hybridized carbons (Fsp3) is 0.324. The van der Waals surface area contributed by atoms with Gasteiger partial charge in [-0.25, -0.2) is 4.39 Å². The van der Waals surface area contributed by atoms with Crippen LogP contribution in [0.1, 0.15) is 58.5 Å². The number of Topliss-reactive ketones (excluding diaryl/α,β-unsaturated/α-hetero) is 3. The summed E-state index contributed by atoms with van der Waals surface area (Å²) in [6.45, 7) is 5.45. The van der Waals surface area contributed by atoms with Gasteiger partial charge in [0.15, 0.2) is 28.8 Å². The number of fused-ring (bicyclic) bond motifs is 5. The monoisotopic (exact) mass is 569 g/mol. The number of nitrogens with zero attached hydrogens (tertiary/aromatic N) is 1. The molecule has 1 spiro atoms. The summed E-state index contributed by atoms with van der Waals surface area (Å²) < 4.78 is 31.5. The molecule has 0 saturated carbocycles. The van der Waals surface area contributed by atoms with Crippen molar-refractivity contribution in [1.29, 1.82) is 0 Å². The topological polar surface area (TPSA) is 82.1 Å². The van der Waals surface area contributed by atoms with Gasteiger partial charge in [0, 0.05) is 39.3 Å². The fourth-order valence-corrected chi connectivity index (χ4v) is 7.10. The molecule has 0 aromatic heterocycles. The van der Waals surface area contributed by atoms with Crippen molar-refractivity contribution < 1.29 is 33.0 Å². The Bertz CT molecular complexity index is 1650. The number of ether oxygens (including phenoxy) is 3. The molecule has 6 rings (SSSR count). The van der Waals surface area contributed by atoms with Crippen molar-refractivity contribution in [3.63, 3.8) is 0 Å². The average molecular weight is 570 g/mol. The van der Waals surface area contributed by atoms with E-state index in [2.05, 4.69) is 0 Å². The minimum atomic E-state index is -1.72. The van der Waals surface area contributed by atoms with Crippen LogP contribution in [0.4, 0.5) is 10.1 Å². The normalized spacial score (nSPS) is 21.7. The lowest BCUT2D eigenvalue weighted by Gasteiger charge is -2.38. The zero-order chi connectivity index (χ0) is 30.1. The van der Waals surface area contributed by atoms with E-state index in [9.17, 15) is 18.8 Å². The molecule has 1 fully saturated rings. The van der Waals surface area contributed by atoms with Gasteiger partial charge in [0.1, 0.15) is 11.2 Å². The standard InChI is InChI=1S/C34H32FNO6/c1-33(2,3)32(39)27-26(22-13-15-24(40-4)29(42-6)28(22)41-5)34(30(37)20-9-7-8-10-21(20)31(34)38)25-16-11-18-17-19(35)12-14-23(18)36(25)27/h7-17,25-27H,1-6H3/t25-,26+,27-/m1/s1. The highest BCUT2D eigenvalue weighted by atomic mass is 19.1. The molecule has 3 aliphatic rings. The first kappa shape index (κ1) is 27.7. The van der Waals surface area contributed by atoms with E-state index in [-0.39, 0.29) is 28.8 Å². The molecule has 0 bridgehead atoms. The number of anilines is 1. The molecular formula is C34H32FNO6. The molecule has 0 radical (unpaired) electrons. The number of methoxy groups -OCH3 is 3. The van der Waals surface area contributed by atoms with E-state index in [1.54, 1.807) is 54.6 Å². The molecule has 7 nitrogen and oxygen atoms in total. The van der Waals surface area contributed by atoms with E-state index in [0.717, 1.165) is 0 Å². The maximum atomic E-state index is 14.8. The van der Waals surface area contributed by atoms with E-state index < -0.39 is 34.6 Å². The molecule has 8 heteroatoms. The second-order valence-corrected chi connectivity index (χ2v) is 11.9. The third-order valence-corrected chi connectivity index (χ3v) is 8.84. The molecule has 0 N–H and O–H groups in total. The van der Waals surface area contributed by atoms with E-state index >= 15 is 0 Å². The van der Waals surface area contributed by atoms with E-state index in [1.807, 2.05) is 25.7 Å². The number of carbonyl (C=O) groups excluding carboxylic acids is 3.